The lowest BCUT2D eigenvalue weighted by molar-refractivity contribution is 1.66. The van der Waals surface area contributed by atoms with Crippen LogP contribution in [0.15, 0.2) is 95.5 Å². The third-order valence-corrected chi connectivity index (χ3v) is 5.58. The Labute approximate surface area is 154 Å². The third-order valence-electron chi connectivity index (χ3n) is 4.92. The molecule has 0 saturated carbocycles. The molecule has 5 aromatic rings. The number of rotatable bonds is 1. The van der Waals surface area contributed by atoms with Crippen molar-refractivity contribution in [1.82, 2.24) is 0 Å². The molecule has 0 radical (unpaired) electrons. The molecule has 1 heteroatoms. The summed E-state index contributed by atoms with van der Waals surface area (Å²) in [5.74, 6) is 0. The van der Waals surface area contributed by atoms with E-state index in [1.165, 1.54) is 43.4 Å². The van der Waals surface area contributed by atoms with Crippen LogP contribution in [-0.2, 0) is 0 Å². The number of hydrogen-bond donors (Lipinski definition) is 0. The highest BCUT2D eigenvalue weighted by Gasteiger charge is 2.13. The van der Waals surface area contributed by atoms with E-state index < -0.39 is 0 Å². The number of halogens is 1. The van der Waals surface area contributed by atoms with Crippen LogP contribution in [0.3, 0.4) is 0 Å². The summed E-state index contributed by atoms with van der Waals surface area (Å²) in [7, 11) is 0. The van der Waals surface area contributed by atoms with E-state index in [2.05, 4.69) is 107 Å². The summed E-state index contributed by atoms with van der Waals surface area (Å²) in [6.45, 7) is 0. The molecule has 0 aliphatic heterocycles. The molecule has 0 amide bonds. The van der Waals surface area contributed by atoms with Crippen LogP contribution in [0.2, 0.25) is 0 Å². The summed E-state index contributed by atoms with van der Waals surface area (Å²) in [6, 6.07) is 32.6. The Morgan fingerprint density at radius 3 is 1.88 bits per heavy atom. The fraction of sp³-hybridized carbons (Fsp3) is 0. The predicted molar refractivity (Wildman–Crippen MR) is 112 cm³/mol. The number of fused-ring (bicyclic) bond motifs is 4. The van der Waals surface area contributed by atoms with Crippen LogP contribution in [0.5, 0.6) is 0 Å². The van der Waals surface area contributed by atoms with E-state index in [9.17, 15) is 0 Å². The first-order valence-electron chi connectivity index (χ1n) is 8.41. The molecule has 0 bridgehead atoms. The zero-order valence-corrected chi connectivity index (χ0v) is 15.1. The molecule has 0 aromatic heterocycles. The molecule has 0 unspecified atom stereocenters. The molecule has 0 fully saturated rings. The Kier molecular flexibility index (Phi) is 3.36. The maximum Gasteiger partial charge on any atom is 0.0260 e. The topological polar surface area (TPSA) is 0 Å². The normalized spacial score (nSPS) is 11.4. The molecule has 0 atom stereocenters. The molecule has 0 N–H and O–H groups in total. The van der Waals surface area contributed by atoms with Crippen molar-refractivity contribution in [3.63, 3.8) is 0 Å². The van der Waals surface area contributed by atoms with E-state index in [-0.39, 0.29) is 0 Å². The fourth-order valence-corrected chi connectivity index (χ4v) is 4.34. The second-order valence-electron chi connectivity index (χ2n) is 6.33. The van der Waals surface area contributed by atoms with Gasteiger partial charge in [0.05, 0.1) is 0 Å². The molecule has 0 nitrogen and oxygen atoms in total. The highest BCUT2D eigenvalue weighted by molar-refractivity contribution is 9.10. The molecule has 25 heavy (non-hydrogen) atoms. The summed E-state index contributed by atoms with van der Waals surface area (Å²) in [5, 5.41) is 7.71. The van der Waals surface area contributed by atoms with Crippen LogP contribution in [0.1, 0.15) is 0 Å². The van der Waals surface area contributed by atoms with Crippen LogP contribution < -0.4 is 0 Å². The van der Waals surface area contributed by atoms with E-state index in [0.29, 0.717) is 0 Å². The van der Waals surface area contributed by atoms with Crippen molar-refractivity contribution >= 4 is 48.2 Å². The molecule has 5 aromatic carbocycles. The molecule has 0 aliphatic carbocycles. The van der Waals surface area contributed by atoms with Gasteiger partial charge in [-0.3, -0.25) is 0 Å². The monoisotopic (exact) mass is 382 g/mol. The van der Waals surface area contributed by atoms with E-state index >= 15 is 0 Å². The summed E-state index contributed by atoms with van der Waals surface area (Å²) < 4.78 is 1.13. The van der Waals surface area contributed by atoms with Crippen molar-refractivity contribution < 1.29 is 0 Å². The van der Waals surface area contributed by atoms with E-state index in [1.54, 1.807) is 0 Å². The summed E-state index contributed by atoms with van der Waals surface area (Å²) in [6.07, 6.45) is 0. The van der Waals surface area contributed by atoms with Gasteiger partial charge in [-0.15, -0.1) is 0 Å². The highest BCUT2D eigenvalue weighted by atomic mass is 79.9. The van der Waals surface area contributed by atoms with Crippen molar-refractivity contribution in [3.8, 4) is 11.1 Å². The minimum absolute atomic E-state index is 1.13. The zero-order chi connectivity index (χ0) is 16.8. The Morgan fingerprint density at radius 2 is 1.08 bits per heavy atom. The molecule has 0 aliphatic rings. The standard InChI is InChI=1S/C24H15Br/c25-23-14-13-16-7-1-4-10-19(16)24(23)22-15-17-8-2-3-9-18(17)20-11-5-6-12-21(20)22/h1-15H. The van der Waals surface area contributed by atoms with Crippen molar-refractivity contribution in [1.29, 1.82) is 0 Å². The van der Waals surface area contributed by atoms with Gasteiger partial charge in [-0.25, -0.2) is 0 Å². The number of hydrogen-bond acceptors (Lipinski definition) is 0. The van der Waals surface area contributed by atoms with Crippen molar-refractivity contribution in [2.45, 2.75) is 0 Å². The van der Waals surface area contributed by atoms with Crippen molar-refractivity contribution in [2.75, 3.05) is 0 Å². The Morgan fingerprint density at radius 1 is 0.480 bits per heavy atom. The van der Waals surface area contributed by atoms with Crippen LogP contribution >= 0.6 is 15.9 Å². The predicted octanol–water partition coefficient (Wildman–Crippen LogP) is 7.58. The van der Waals surface area contributed by atoms with E-state index in [0.717, 1.165) is 4.47 Å². The van der Waals surface area contributed by atoms with E-state index in [1.807, 2.05) is 0 Å². The summed E-state index contributed by atoms with van der Waals surface area (Å²) in [5.41, 5.74) is 2.54. The maximum absolute atomic E-state index is 3.80. The Hall–Kier alpha value is -2.64. The van der Waals surface area contributed by atoms with Gasteiger partial charge in [-0.2, -0.15) is 0 Å². The first kappa shape index (κ1) is 14.7. The summed E-state index contributed by atoms with van der Waals surface area (Å²) in [4.78, 5) is 0. The lowest BCUT2D eigenvalue weighted by atomic mass is 9.91. The summed E-state index contributed by atoms with van der Waals surface area (Å²) >= 11 is 3.80. The van der Waals surface area contributed by atoms with Gasteiger partial charge in [0.15, 0.2) is 0 Å². The third kappa shape index (κ3) is 2.27. The van der Waals surface area contributed by atoms with Crippen LogP contribution in [-0.4, -0.2) is 0 Å². The minimum atomic E-state index is 1.13. The van der Waals surface area contributed by atoms with Gasteiger partial charge >= 0.3 is 0 Å². The van der Waals surface area contributed by atoms with Gasteiger partial charge in [0.25, 0.3) is 0 Å². The quantitative estimate of drug-likeness (QED) is 0.262. The second kappa shape index (κ2) is 5.72. The van der Waals surface area contributed by atoms with Gasteiger partial charge in [-0.1, -0.05) is 94.8 Å². The van der Waals surface area contributed by atoms with Crippen LogP contribution in [0.4, 0.5) is 0 Å². The number of benzene rings is 5. The molecule has 0 spiro atoms. The molecule has 5 rings (SSSR count). The van der Waals surface area contributed by atoms with Crippen LogP contribution in [0.25, 0.3) is 43.4 Å². The molecule has 0 saturated heterocycles. The SMILES string of the molecule is Brc1ccc2ccccc2c1-c1cc2ccccc2c2ccccc12. The van der Waals surface area contributed by atoms with Gasteiger partial charge in [0, 0.05) is 10.0 Å². The average molecular weight is 383 g/mol. The van der Waals surface area contributed by atoms with Crippen LogP contribution in [0, 0.1) is 0 Å². The maximum atomic E-state index is 3.80. The molecule has 118 valence electrons. The lowest BCUT2D eigenvalue weighted by Crippen LogP contribution is -1.87. The van der Waals surface area contributed by atoms with Gasteiger partial charge in [-0.05, 0) is 50.0 Å². The highest BCUT2D eigenvalue weighted by Crippen LogP contribution is 2.41. The Balaban J connectivity index is 2.01. The first-order valence-corrected chi connectivity index (χ1v) is 9.20. The molecular formula is C24H15Br. The van der Waals surface area contributed by atoms with Gasteiger partial charge in [0.1, 0.15) is 0 Å². The van der Waals surface area contributed by atoms with Gasteiger partial charge < -0.3 is 0 Å². The molecular weight excluding hydrogens is 368 g/mol. The lowest BCUT2D eigenvalue weighted by Gasteiger charge is -2.14. The largest absolute Gasteiger partial charge is 0.0616 e. The van der Waals surface area contributed by atoms with E-state index in [4.69, 9.17) is 0 Å². The van der Waals surface area contributed by atoms with Gasteiger partial charge in [0.2, 0.25) is 0 Å². The van der Waals surface area contributed by atoms with Crippen molar-refractivity contribution in [3.05, 3.63) is 95.5 Å². The Bertz CT molecular complexity index is 1250. The first-order chi connectivity index (χ1) is 12.3. The smallest absolute Gasteiger partial charge is 0.0260 e. The fourth-order valence-electron chi connectivity index (χ4n) is 3.78. The van der Waals surface area contributed by atoms with Crippen molar-refractivity contribution in [2.24, 2.45) is 0 Å². The zero-order valence-electron chi connectivity index (χ0n) is 13.5. The molecule has 0 heterocycles. The average Bonchev–Trinajstić information content (AvgIpc) is 2.67. The second-order valence-corrected chi connectivity index (χ2v) is 7.19. The minimum Gasteiger partial charge on any atom is -0.0616 e.